The molecular weight excluding hydrogens is 320 g/mol. The van der Waals surface area contributed by atoms with Gasteiger partial charge in [0.2, 0.25) is 20.0 Å². The van der Waals surface area contributed by atoms with Crippen molar-refractivity contribution >= 4 is 31.7 Å². The normalized spacial score (nSPS) is 12.0. The molecule has 118 valence electrons. The highest BCUT2D eigenvalue weighted by atomic mass is 32.2. The van der Waals surface area contributed by atoms with Crippen LogP contribution < -0.4 is 9.44 Å². The Bertz CT molecular complexity index is 712. The van der Waals surface area contributed by atoms with Crippen LogP contribution >= 0.6 is 0 Å². The van der Waals surface area contributed by atoms with E-state index in [1.165, 1.54) is 31.3 Å². The number of hydrogen-bond donors (Lipinski definition) is 3. The highest BCUT2D eigenvalue weighted by molar-refractivity contribution is 7.93. The fraction of sp³-hybridized carbons (Fsp3) is 0.364. The first-order chi connectivity index (χ1) is 9.68. The molecule has 3 N–H and O–H groups in total. The van der Waals surface area contributed by atoms with Gasteiger partial charge in [-0.25, -0.2) is 21.6 Å². The van der Waals surface area contributed by atoms with Gasteiger partial charge in [-0.15, -0.1) is 0 Å². The van der Waals surface area contributed by atoms with Gasteiger partial charge in [0.05, 0.1) is 11.4 Å². The number of carboxylic acids is 1. The van der Waals surface area contributed by atoms with E-state index in [0.29, 0.717) is 0 Å². The number of nitrogens with one attached hydrogen (secondary N) is 2. The zero-order chi connectivity index (χ0) is 16.1. The van der Waals surface area contributed by atoms with E-state index >= 15 is 0 Å². The molecule has 0 heterocycles. The Morgan fingerprint density at radius 1 is 1.19 bits per heavy atom. The first kappa shape index (κ1) is 17.4. The second-order valence-corrected chi connectivity index (χ2v) is 7.82. The first-order valence-corrected chi connectivity index (χ1v) is 9.06. The zero-order valence-electron chi connectivity index (χ0n) is 11.2. The van der Waals surface area contributed by atoms with Crippen molar-refractivity contribution in [3.63, 3.8) is 0 Å². The molecule has 0 aliphatic rings. The monoisotopic (exact) mass is 336 g/mol. The Balaban J connectivity index is 2.96. The number of benzene rings is 1. The average molecular weight is 336 g/mol. The summed E-state index contributed by atoms with van der Waals surface area (Å²) in [5.74, 6) is -1.50. The number of rotatable bonds is 8. The third kappa shape index (κ3) is 5.33. The molecule has 0 saturated heterocycles. The second-order valence-electron chi connectivity index (χ2n) is 4.12. The molecule has 0 aliphatic carbocycles. The third-order valence-corrected chi connectivity index (χ3v) is 5.34. The molecule has 10 heteroatoms. The van der Waals surface area contributed by atoms with Crippen LogP contribution in [-0.4, -0.2) is 40.7 Å². The lowest BCUT2D eigenvalue weighted by molar-refractivity contribution is -0.137. The molecule has 0 fully saturated rings. The molecule has 0 amide bonds. The third-order valence-electron chi connectivity index (χ3n) is 2.51. The Morgan fingerprint density at radius 3 is 2.38 bits per heavy atom. The van der Waals surface area contributed by atoms with E-state index < -0.39 is 31.8 Å². The maximum absolute atomic E-state index is 11.8. The SMILES string of the molecule is CNS(=O)(=O)c1ccccc1NS(=O)(=O)CCCC(=O)O. The number of para-hydroxylation sites is 1. The minimum atomic E-state index is -3.83. The molecule has 21 heavy (non-hydrogen) atoms. The van der Waals surface area contributed by atoms with E-state index in [1.807, 2.05) is 0 Å². The molecule has 0 aliphatic heterocycles. The van der Waals surface area contributed by atoms with E-state index in [0.717, 1.165) is 0 Å². The van der Waals surface area contributed by atoms with Crippen LogP contribution in [0.25, 0.3) is 0 Å². The van der Waals surface area contributed by atoms with E-state index in [-0.39, 0.29) is 23.4 Å². The van der Waals surface area contributed by atoms with E-state index in [1.54, 1.807) is 0 Å². The maximum Gasteiger partial charge on any atom is 0.303 e. The molecule has 0 saturated carbocycles. The van der Waals surface area contributed by atoms with Crippen LogP contribution in [0.5, 0.6) is 0 Å². The van der Waals surface area contributed by atoms with Gasteiger partial charge in [-0.05, 0) is 25.6 Å². The largest absolute Gasteiger partial charge is 0.481 e. The standard InChI is InChI=1S/C11H16N2O6S2/c1-12-21(18,19)10-6-3-2-5-9(10)13-20(16,17)8-4-7-11(14)15/h2-3,5-6,12-13H,4,7-8H2,1H3,(H,14,15). The van der Waals surface area contributed by atoms with Crippen molar-refractivity contribution in [2.24, 2.45) is 0 Å². The van der Waals surface area contributed by atoms with Crippen molar-refractivity contribution < 1.29 is 26.7 Å². The Labute approximate surface area is 123 Å². The summed E-state index contributed by atoms with van der Waals surface area (Å²) in [6, 6.07) is 5.54. The van der Waals surface area contributed by atoms with Crippen LogP contribution in [0.1, 0.15) is 12.8 Å². The lowest BCUT2D eigenvalue weighted by atomic mass is 10.3. The van der Waals surface area contributed by atoms with Gasteiger partial charge < -0.3 is 5.11 Å². The van der Waals surface area contributed by atoms with Crippen LogP contribution in [0.3, 0.4) is 0 Å². The fourth-order valence-corrected chi connectivity index (χ4v) is 3.62. The van der Waals surface area contributed by atoms with Crippen molar-refractivity contribution in [3.05, 3.63) is 24.3 Å². The summed E-state index contributed by atoms with van der Waals surface area (Å²) in [7, 11) is -6.42. The highest BCUT2D eigenvalue weighted by Crippen LogP contribution is 2.21. The van der Waals surface area contributed by atoms with Crippen LogP contribution in [0, 0.1) is 0 Å². The van der Waals surface area contributed by atoms with Crippen molar-refractivity contribution in [3.8, 4) is 0 Å². The number of anilines is 1. The lowest BCUT2D eigenvalue weighted by Gasteiger charge is -2.12. The smallest absolute Gasteiger partial charge is 0.303 e. The summed E-state index contributed by atoms with van der Waals surface area (Å²) in [5, 5.41) is 8.48. The second kappa shape index (κ2) is 6.87. The molecule has 1 aromatic rings. The van der Waals surface area contributed by atoms with Crippen LogP contribution in [-0.2, 0) is 24.8 Å². The molecule has 0 bridgehead atoms. The lowest BCUT2D eigenvalue weighted by Crippen LogP contribution is -2.23. The highest BCUT2D eigenvalue weighted by Gasteiger charge is 2.19. The zero-order valence-corrected chi connectivity index (χ0v) is 12.9. The summed E-state index contributed by atoms with van der Waals surface area (Å²) < 4.78 is 51.5. The van der Waals surface area contributed by atoms with Crippen molar-refractivity contribution in [1.29, 1.82) is 0 Å². The summed E-state index contributed by atoms with van der Waals surface area (Å²) in [4.78, 5) is 10.2. The van der Waals surface area contributed by atoms with Crippen LogP contribution in [0.15, 0.2) is 29.2 Å². The summed E-state index contributed by atoms with van der Waals surface area (Å²) >= 11 is 0. The average Bonchev–Trinajstić information content (AvgIpc) is 2.38. The van der Waals surface area contributed by atoms with E-state index in [2.05, 4.69) is 9.44 Å². The molecule has 8 nitrogen and oxygen atoms in total. The van der Waals surface area contributed by atoms with Gasteiger partial charge in [0.15, 0.2) is 0 Å². The predicted molar refractivity (Wildman–Crippen MR) is 77.0 cm³/mol. The molecule has 0 unspecified atom stereocenters. The summed E-state index contributed by atoms with van der Waals surface area (Å²) in [6.07, 6.45) is -0.344. The van der Waals surface area contributed by atoms with Gasteiger partial charge in [0.25, 0.3) is 0 Å². The van der Waals surface area contributed by atoms with Gasteiger partial charge >= 0.3 is 5.97 Å². The van der Waals surface area contributed by atoms with Gasteiger partial charge in [0.1, 0.15) is 4.90 Å². The fourth-order valence-electron chi connectivity index (χ4n) is 1.53. The predicted octanol–water partition coefficient (Wildman–Crippen LogP) is 0.201. The van der Waals surface area contributed by atoms with Crippen LogP contribution in [0.2, 0.25) is 0 Å². The minimum absolute atomic E-state index is 0.0639. The Kier molecular flexibility index (Phi) is 5.70. The number of sulfonamides is 2. The van der Waals surface area contributed by atoms with Crippen molar-refractivity contribution in [1.82, 2.24) is 4.72 Å². The molecule has 0 radical (unpaired) electrons. The maximum atomic E-state index is 11.8. The number of aliphatic carboxylic acids is 1. The quantitative estimate of drug-likeness (QED) is 0.622. The number of carbonyl (C=O) groups is 1. The number of carboxylic acid groups (broad SMARTS) is 1. The van der Waals surface area contributed by atoms with Gasteiger partial charge in [-0.1, -0.05) is 12.1 Å². The molecule has 0 spiro atoms. The molecular formula is C11H16N2O6S2. The summed E-state index contributed by atoms with van der Waals surface area (Å²) in [6.45, 7) is 0. The topological polar surface area (TPSA) is 130 Å². The van der Waals surface area contributed by atoms with Gasteiger partial charge in [-0.3, -0.25) is 9.52 Å². The Morgan fingerprint density at radius 2 is 1.81 bits per heavy atom. The van der Waals surface area contributed by atoms with Gasteiger partial charge in [-0.2, -0.15) is 0 Å². The van der Waals surface area contributed by atoms with Crippen LogP contribution in [0.4, 0.5) is 5.69 Å². The number of hydrogen-bond acceptors (Lipinski definition) is 5. The molecule has 1 rings (SSSR count). The minimum Gasteiger partial charge on any atom is -0.481 e. The van der Waals surface area contributed by atoms with Crippen molar-refractivity contribution in [2.45, 2.75) is 17.7 Å². The van der Waals surface area contributed by atoms with E-state index in [9.17, 15) is 21.6 Å². The first-order valence-electron chi connectivity index (χ1n) is 5.93. The Hall–Kier alpha value is -1.65. The van der Waals surface area contributed by atoms with E-state index in [4.69, 9.17) is 5.11 Å². The molecule has 0 atom stereocenters. The van der Waals surface area contributed by atoms with Crippen molar-refractivity contribution in [2.75, 3.05) is 17.5 Å². The molecule has 1 aromatic carbocycles. The van der Waals surface area contributed by atoms with Gasteiger partial charge in [0, 0.05) is 6.42 Å². The summed E-state index contributed by atoms with van der Waals surface area (Å²) in [5.41, 5.74) is -0.0813. The molecule has 0 aromatic heterocycles.